The topological polar surface area (TPSA) is 17.8 Å². The number of hydrogen-bond donors (Lipinski definition) is 0. The maximum absolute atomic E-state index is 12.4. The molecule has 1 unspecified atom stereocenters. The molecule has 0 bridgehead atoms. The Kier molecular flexibility index (Phi) is 3.76. The highest BCUT2D eigenvalue weighted by Gasteiger charge is 2.28. The molecule has 0 aliphatic heterocycles. The normalized spacial score (nSPS) is 14.0. The molecule has 0 amide bonds. The molecule has 1 aromatic heterocycles. The molecule has 0 fully saturated rings. The van der Waals surface area contributed by atoms with Gasteiger partial charge in [-0.3, -0.25) is 0 Å². The van der Waals surface area contributed by atoms with Crippen molar-refractivity contribution in [2.75, 3.05) is 0 Å². The van der Waals surface area contributed by atoms with Crippen molar-refractivity contribution in [3.63, 3.8) is 0 Å². The van der Waals surface area contributed by atoms with E-state index in [2.05, 4.69) is 4.98 Å². The van der Waals surface area contributed by atoms with Crippen LogP contribution in [0.1, 0.15) is 30.1 Å². The molecule has 1 heterocycles. The quantitative estimate of drug-likeness (QED) is 0.756. The molecule has 0 radical (unpaired) electrons. The third-order valence-electron chi connectivity index (χ3n) is 2.97. The van der Waals surface area contributed by atoms with Crippen molar-refractivity contribution in [2.24, 2.45) is 0 Å². The van der Waals surface area contributed by atoms with Crippen molar-refractivity contribution >= 4 is 22.6 Å². The number of hydrogen-bond acceptors (Lipinski definition) is 1. The average Bonchev–Trinajstić information content (AvgIpc) is 2.65. The minimum atomic E-state index is -4.19. The molecule has 1 aromatic carbocycles. The van der Waals surface area contributed by atoms with Crippen LogP contribution in [0.25, 0.3) is 11.0 Å². The molecule has 0 saturated heterocycles. The maximum Gasteiger partial charge on any atom is 0.390 e. The second-order valence-electron chi connectivity index (χ2n) is 4.55. The van der Waals surface area contributed by atoms with E-state index in [-0.39, 0.29) is 6.54 Å². The largest absolute Gasteiger partial charge is 0.390 e. The molecule has 0 aliphatic carbocycles. The third-order valence-corrected chi connectivity index (χ3v) is 3.17. The van der Waals surface area contributed by atoms with Crippen molar-refractivity contribution in [2.45, 2.75) is 38.4 Å². The minimum Gasteiger partial charge on any atom is -0.326 e. The fourth-order valence-corrected chi connectivity index (χ4v) is 2.32. The second kappa shape index (κ2) is 5.04. The van der Waals surface area contributed by atoms with Crippen molar-refractivity contribution in [1.29, 1.82) is 0 Å². The lowest BCUT2D eigenvalue weighted by Gasteiger charge is -2.13. The van der Waals surface area contributed by atoms with Crippen LogP contribution in [-0.2, 0) is 6.54 Å². The van der Waals surface area contributed by atoms with Crippen LogP contribution < -0.4 is 0 Å². The van der Waals surface area contributed by atoms with Gasteiger partial charge in [0.25, 0.3) is 0 Å². The molecular weight excluding hydrogens is 277 g/mol. The first-order valence-corrected chi connectivity index (χ1v) is 6.40. The first-order valence-electron chi connectivity index (χ1n) is 5.96. The zero-order valence-electron chi connectivity index (χ0n) is 10.6. The molecule has 0 saturated carbocycles. The number of benzene rings is 1. The van der Waals surface area contributed by atoms with Gasteiger partial charge in [0.1, 0.15) is 5.82 Å². The summed E-state index contributed by atoms with van der Waals surface area (Å²) in [7, 11) is 0. The Morgan fingerprint density at radius 3 is 2.63 bits per heavy atom. The lowest BCUT2D eigenvalue weighted by molar-refractivity contribution is -0.136. The van der Waals surface area contributed by atoms with Gasteiger partial charge in [0.2, 0.25) is 0 Å². The standard InChI is InChI=1S/C13H14ClF3N2/c1-8-4-3-5-10-11(8)19(7-6-13(15,16)17)12(18-10)9(2)14/h3-5,9H,6-7H2,1-2H3. The highest BCUT2D eigenvalue weighted by atomic mass is 35.5. The van der Waals surface area contributed by atoms with Gasteiger partial charge in [-0.2, -0.15) is 13.2 Å². The highest BCUT2D eigenvalue weighted by Crippen LogP contribution is 2.29. The summed E-state index contributed by atoms with van der Waals surface area (Å²) in [5.74, 6) is 0.482. The molecule has 2 nitrogen and oxygen atoms in total. The van der Waals surface area contributed by atoms with E-state index in [1.807, 2.05) is 19.1 Å². The summed E-state index contributed by atoms with van der Waals surface area (Å²) in [6.45, 7) is 3.41. The Hall–Kier alpha value is -1.23. The first kappa shape index (κ1) is 14.2. The Bertz CT molecular complexity index is 587. The van der Waals surface area contributed by atoms with E-state index in [1.165, 1.54) is 0 Å². The van der Waals surface area contributed by atoms with Gasteiger partial charge in [-0.15, -0.1) is 11.6 Å². The summed E-state index contributed by atoms with van der Waals surface area (Å²) in [6, 6.07) is 5.48. The van der Waals surface area contributed by atoms with E-state index in [1.54, 1.807) is 17.6 Å². The summed E-state index contributed by atoms with van der Waals surface area (Å²) < 4.78 is 38.8. The van der Waals surface area contributed by atoms with E-state index in [9.17, 15) is 13.2 Å². The summed E-state index contributed by atoms with van der Waals surface area (Å²) >= 11 is 6.02. The number of imidazole rings is 1. The second-order valence-corrected chi connectivity index (χ2v) is 5.20. The molecule has 6 heteroatoms. The van der Waals surface area contributed by atoms with Crippen LogP contribution in [0.3, 0.4) is 0 Å². The Labute approximate surface area is 114 Å². The van der Waals surface area contributed by atoms with Crippen LogP contribution in [0.15, 0.2) is 18.2 Å². The van der Waals surface area contributed by atoms with Crippen molar-refractivity contribution in [3.05, 3.63) is 29.6 Å². The minimum absolute atomic E-state index is 0.156. The number of aryl methyl sites for hydroxylation is 2. The number of aromatic nitrogens is 2. The lowest BCUT2D eigenvalue weighted by Crippen LogP contribution is -2.14. The van der Waals surface area contributed by atoms with Crippen LogP contribution in [-0.4, -0.2) is 15.7 Å². The number of nitrogens with zero attached hydrogens (tertiary/aromatic N) is 2. The van der Waals surface area contributed by atoms with Crippen LogP contribution >= 0.6 is 11.6 Å². The van der Waals surface area contributed by atoms with Crippen molar-refractivity contribution in [3.8, 4) is 0 Å². The molecule has 2 aromatic rings. The fraction of sp³-hybridized carbons (Fsp3) is 0.462. The van der Waals surface area contributed by atoms with Crippen LogP contribution in [0, 0.1) is 6.92 Å². The smallest absolute Gasteiger partial charge is 0.326 e. The first-order chi connectivity index (χ1) is 8.79. The zero-order valence-corrected chi connectivity index (χ0v) is 11.4. The summed E-state index contributed by atoms with van der Waals surface area (Å²) in [5.41, 5.74) is 2.31. The van der Waals surface area contributed by atoms with Crippen LogP contribution in [0.4, 0.5) is 13.2 Å². The molecule has 1 atom stereocenters. The third kappa shape index (κ3) is 3.03. The number of para-hydroxylation sites is 1. The lowest BCUT2D eigenvalue weighted by atomic mass is 10.2. The van der Waals surface area contributed by atoms with E-state index in [4.69, 9.17) is 11.6 Å². The van der Waals surface area contributed by atoms with E-state index >= 15 is 0 Å². The van der Waals surface area contributed by atoms with E-state index in [0.717, 1.165) is 11.1 Å². The zero-order chi connectivity index (χ0) is 14.2. The van der Waals surface area contributed by atoms with Gasteiger partial charge in [0.15, 0.2) is 0 Å². The van der Waals surface area contributed by atoms with Gasteiger partial charge in [-0.25, -0.2) is 4.98 Å². The molecule has 2 rings (SSSR count). The Morgan fingerprint density at radius 2 is 2.05 bits per heavy atom. The van der Waals surface area contributed by atoms with Gasteiger partial charge in [0.05, 0.1) is 22.8 Å². The predicted octanol–water partition coefficient (Wildman–Crippen LogP) is 4.60. The maximum atomic E-state index is 12.4. The highest BCUT2D eigenvalue weighted by molar-refractivity contribution is 6.20. The molecule has 19 heavy (non-hydrogen) atoms. The van der Waals surface area contributed by atoms with Gasteiger partial charge in [0, 0.05) is 6.54 Å². The molecule has 0 spiro atoms. The van der Waals surface area contributed by atoms with Gasteiger partial charge in [-0.05, 0) is 25.5 Å². The van der Waals surface area contributed by atoms with Crippen molar-refractivity contribution in [1.82, 2.24) is 9.55 Å². The van der Waals surface area contributed by atoms with E-state index in [0.29, 0.717) is 11.3 Å². The SMILES string of the molecule is Cc1cccc2nc(C(C)Cl)n(CCC(F)(F)F)c12. The summed E-state index contributed by atoms with van der Waals surface area (Å²) in [5, 5.41) is -0.431. The monoisotopic (exact) mass is 290 g/mol. The van der Waals surface area contributed by atoms with Gasteiger partial charge < -0.3 is 4.57 Å². The number of fused-ring (bicyclic) bond motifs is 1. The van der Waals surface area contributed by atoms with Gasteiger partial charge in [-0.1, -0.05) is 12.1 Å². The van der Waals surface area contributed by atoms with Crippen LogP contribution in [0.5, 0.6) is 0 Å². The van der Waals surface area contributed by atoms with Crippen molar-refractivity contribution < 1.29 is 13.2 Å². The predicted molar refractivity (Wildman–Crippen MR) is 69.4 cm³/mol. The number of alkyl halides is 4. The van der Waals surface area contributed by atoms with Crippen LogP contribution in [0.2, 0.25) is 0 Å². The molecule has 104 valence electrons. The Morgan fingerprint density at radius 1 is 1.37 bits per heavy atom. The average molecular weight is 291 g/mol. The molecule has 0 N–H and O–H groups in total. The molecule has 0 aliphatic rings. The summed E-state index contributed by atoms with van der Waals surface area (Å²) in [6.07, 6.45) is -5.07. The Balaban J connectivity index is 2.51. The fourth-order valence-electron chi connectivity index (χ4n) is 2.15. The van der Waals surface area contributed by atoms with Gasteiger partial charge >= 0.3 is 6.18 Å². The number of rotatable bonds is 3. The van der Waals surface area contributed by atoms with E-state index < -0.39 is 18.0 Å². The molecular formula is C13H14ClF3N2. The summed E-state index contributed by atoms with van der Waals surface area (Å²) in [4.78, 5) is 4.34. The number of halogens is 4.